The molecule has 0 saturated heterocycles. The van der Waals surface area contributed by atoms with E-state index < -0.39 is 20.2 Å². The minimum atomic E-state index is -4.12. The molecule has 0 saturated carbocycles. The number of anilines is 1. The van der Waals surface area contributed by atoms with Gasteiger partial charge >= 0.3 is 0 Å². The van der Waals surface area contributed by atoms with Crippen LogP contribution in [-0.2, 0) is 20.2 Å². The van der Waals surface area contributed by atoms with Crippen molar-refractivity contribution in [3.8, 4) is 0 Å². The van der Waals surface area contributed by atoms with Crippen LogP contribution in [0, 0.1) is 0 Å². The summed E-state index contributed by atoms with van der Waals surface area (Å²) in [6.07, 6.45) is 0. The van der Waals surface area contributed by atoms with E-state index in [0.717, 1.165) is 0 Å². The molecular weight excluding hydrogens is 290 g/mol. The summed E-state index contributed by atoms with van der Waals surface area (Å²) in [4.78, 5) is -0.120. The van der Waals surface area contributed by atoms with Crippen LogP contribution in [-0.4, -0.2) is 33.6 Å². The van der Waals surface area contributed by atoms with Gasteiger partial charge in [-0.1, -0.05) is 17.6 Å². The van der Waals surface area contributed by atoms with E-state index in [1.54, 1.807) is 6.92 Å². The molecule has 7 nitrogen and oxygen atoms in total. The summed E-state index contributed by atoms with van der Waals surface area (Å²) in [7, 11) is -8.19. The number of benzene rings is 1. The van der Waals surface area contributed by atoms with Gasteiger partial charge in [-0.3, -0.25) is 0 Å². The number of nitrogens with two attached hydrogens (primary N) is 1. The summed E-state index contributed by atoms with van der Waals surface area (Å²) in [5.74, 6) is 0. The van der Waals surface area contributed by atoms with Crippen LogP contribution >= 0.6 is 0 Å². The molecule has 0 amide bonds. The van der Waals surface area contributed by atoms with Crippen LogP contribution < -0.4 is 10.5 Å². The average Bonchev–Trinajstić information content (AvgIpc) is 2.29. The highest BCUT2D eigenvalue weighted by molar-refractivity contribution is 8.03. The molecule has 0 atom stereocenters. The molecule has 0 bridgehead atoms. The Morgan fingerprint density at radius 3 is 2.05 bits per heavy atom. The second kappa shape index (κ2) is 5.87. The second-order valence-electron chi connectivity index (χ2n) is 3.67. The highest BCUT2D eigenvalue weighted by atomic mass is 32.3. The molecule has 0 radical (unpaired) electrons. The van der Waals surface area contributed by atoms with E-state index in [0.29, 0.717) is 9.40 Å². The number of nitrogen functional groups attached to an aromatic ring is 1. The maximum Gasteiger partial charge on any atom is 0.292 e. The summed E-state index contributed by atoms with van der Waals surface area (Å²) < 4.78 is 50.8. The highest BCUT2D eigenvalue weighted by Crippen LogP contribution is 2.19. The van der Waals surface area contributed by atoms with Gasteiger partial charge in [-0.05, 0) is 24.3 Å². The van der Waals surface area contributed by atoms with Crippen LogP contribution in [0.5, 0.6) is 0 Å². The molecule has 0 aliphatic heterocycles. The Bertz CT molecular complexity index is 623. The molecule has 0 spiro atoms. The predicted octanol–water partition coefficient (Wildman–Crippen LogP) is 0.134. The molecule has 0 heterocycles. The SMILES string of the molecule is CCNS(=O)(=O)N(CC)S(=O)(=O)c1ccc(N)cc1. The van der Waals surface area contributed by atoms with Gasteiger partial charge in [0, 0.05) is 18.8 Å². The number of hydrogen-bond donors (Lipinski definition) is 2. The van der Waals surface area contributed by atoms with Crippen LogP contribution in [0.4, 0.5) is 5.69 Å². The van der Waals surface area contributed by atoms with Crippen molar-refractivity contribution in [3.05, 3.63) is 24.3 Å². The largest absolute Gasteiger partial charge is 0.399 e. The zero-order chi connectivity index (χ0) is 14.7. The molecule has 0 aliphatic carbocycles. The number of hydrogen-bond acceptors (Lipinski definition) is 5. The number of sulfonamides is 1. The van der Waals surface area contributed by atoms with Crippen LogP contribution in [0.3, 0.4) is 0 Å². The van der Waals surface area contributed by atoms with Gasteiger partial charge in [0.2, 0.25) is 0 Å². The van der Waals surface area contributed by atoms with Gasteiger partial charge in [-0.25, -0.2) is 13.1 Å². The zero-order valence-corrected chi connectivity index (χ0v) is 12.3. The third kappa shape index (κ3) is 3.44. The first-order valence-corrected chi connectivity index (χ1v) is 8.51. The molecule has 1 rings (SSSR count). The molecule has 19 heavy (non-hydrogen) atoms. The summed E-state index contributed by atoms with van der Waals surface area (Å²) in [6, 6.07) is 5.35. The molecule has 0 unspecified atom stereocenters. The molecule has 0 aliphatic rings. The number of nitrogens with one attached hydrogen (secondary N) is 1. The molecule has 1 aromatic carbocycles. The first kappa shape index (κ1) is 15.9. The Balaban J connectivity index is 3.27. The lowest BCUT2D eigenvalue weighted by Crippen LogP contribution is -2.44. The first-order chi connectivity index (χ1) is 8.75. The summed E-state index contributed by atoms with van der Waals surface area (Å²) in [5.41, 5.74) is 5.87. The van der Waals surface area contributed by atoms with Gasteiger partial charge in [0.25, 0.3) is 20.2 Å². The lowest BCUT2D eigenvalue weighted by molar-refractivity contribution is 0.498. The highest BCUT2D eigenvalue weighted by Gasteiger charge is 2.33. The fourth-order valence-electron chi connectivity index (χ4n) is 1.48. The topological polar surface area (TPSA) is 110 Å². The van der Waals surface area contributed by atoms with Crippen molar-refractivity contribution >= 4 is 25.9 Å². The van der Waals surface area contributed by atoms with Crippen molar-refractivity contribution in [2.45, 2.75) is 18.7 Å². The van der Waals surface area contributed by atoms with Gasteiger partial charge in [0.15, 0.2) is 0 Å². The van der Waals surface area contributed by atoms with E-state index in [1.165, 1.54) is 31.2 Å². The lowest BCUT2D eigenvalue weighted by Gasteiger charge is -2.20. The quantitative estimate of drug-likeness (QED) is 0.726. The van der Waals surface area contributed by atoms with E-state index in [9.17, 15) is 16.8 Å². The van der Waals surface area contributed by atoms with Gasteiger partial charge in [0.05, 0.1) is 4.90 Å². The van der Waals surface area contributed by atoms with Crippen molar-refractivity contribution in [2.24, 2.45) is 0 Å². The van der Waals surface area contributed by atoms with E-state index in [1.807, 2.05) is 0 Å². The Kier molecular flexibility index (Phi) is 4.91. The molecule has 1 aromatic rings. The molecule has 0 aromatic heterocycles. The van der Waals surface area contributed by atoms with Crippen LogP contribution in [0.15, 0.2) is 29.2 Å². The lowest BCUT2D eigenvalue weighted by atomic mass is 10.3. The van der Waals surface area contributed by atoms with Gasteiger partial charge in [-0.15, -0.1) is 0 Å². The fraction of sp³-hybridized carbons (Fsp3) is 0.400. The summed E-state index contributed by atoms with van der Waals surface area (Å²) >= 11 is 0. The van der Waals surface area contributed by atoms with Gasteiger partial charge in [-0.2, -0.15) is 8.42 Å². The molecule has 0 fully saturated rings. The van der Waals surface area contributed by atoms with Crippen molar-refractivity contribution in [1.82, 2.24) is 8.43 Å². The second-order valence-corrected chi connectivity index (χ2v) is 7.44. The Labute approximate surface area is 113 Å². The van der Waals surface area contributed by atoms with Gasteiger partial charge < -0.3 is 5.73 Å². The van der Waals surface area contributed by atoms with Crippen LogP contribution in [0.1, 0.15) is 13.8 Å². The van der Waals surface area contributed by atoms with E-state index >= 15 is 0 Å². The van der Waals surface area contributed by atoms with E-state index in [2.05, 4.69) is 4.72 Å². The normalized spacial score (nSPS) is 12.8. The Morgan fingerprint density at radius 2 is 1.63 bits per heavy atom. The van der Waals surface area contributed by atoms with Gasteiger partial charge in [0.1, 0.15) is 0 Å². The molecular formula is C10H17N3O4S2. The van der Waals surface area contributed by atoms with Crippen LogP contribution in [0.2, 0.25) is 0 Å². The standard InChI is InChI=1S/C10H17N3O4S2/c1-3-12-19(16,17)13(4-2)18(14,15)10-7-5-9(11)6-8-10/h5-8,12H,3-4,11H2,1-2H3. The van der Waals surface area contributed by atoms with E-state index in [-0.39, 0.29) is 18.0 Å². The average molecular weight is 307 g/mol. The molecule has 3 N–H and O–H groups in total. The van der Waals surface area contributed by atoms with Crippen LogP contribution in [0.25, 0.3) is 0 Å². The van der Waals surface area contributed by atoms with E-state index in [4.69, 9.17) is 5.73 Å². The maximum atomic E-state index is 12.3. The Morgan fingerprint density at radius 1 is 1.11 bits per heavy atom. The Hall–Kier alpha value is -1.16. The molecule has 108 valence electrons. The third-order valence-corrected chi connectivity index (χ3v) is 6.59. The summed E-state index contributed by atoms with van der Waals surface area (Å²) in [6.45, 7) is 2.93. The minimum absolute atomic E-state index is 0.107. The van der Waals surface area contributed by atoms with Crippen molar-refractivity contribution < 1.29 is 16.8 Å². The van der Waals surface area contributed by atoms with Crippen molar-refractivity contribution in [1.29, 1.82) is 0 Å². The third-order valence-electron chi connectivity index (χ3n) is 2.30. The first-order valence-electron chi connectivity index (χ1n) is 5.63. The predicted molar refractivity (Wildman–Crippen MR) is 73.0 cm³/mol. The number of nitrogens with zero attached hydrogens (tertiary/aromatic N) is 1. The monoisotopic (exact) mass is 307 g/mol. The molecule has 9 heteroatoms. The fourth-order valence-corrected chi connectivity index (χ4v) is 4.83. The van der Waals surface area contributed by atoms with Crippen molar-refractivity contribution in [3.63, 3.8) is 0 Å². The summed E-state index contributed by atoms with van der Waals surface area (Å²) in [5, 5.41) is 0. The minimum Gasteiger partial charge on any atom is -0.399 e. The number of rotatable bonds is 6. The zero-order valence-electron chi connectivity index (χ0n) is 10.7. The smallest absolute Gasteiger partial charge is 0.292 e. The maximum absolute atomic E-state index is 12.3. The van der Waals surface area contributed by atoms with Crippen molar-refractivity contribution in [2.75, 3.05) is 18.8 Å².